The van der Waals surface area contributed by atoms with Gasteiger partial charge in [0.1, 0.15) is 0 Å². The second-order valence-electron chi connectivity index (χ2n) is 7.49. The number of carbonyl (C=O) groups is 2. The lowest BCUT2D eigenvalue weighted by molar-refractivity contribution is -0.143. The fraction of sp³-hybridized carbons (Fsp3) is 0.318. The first kappa shape index (κ1) is 19.6. The number of carbonyl (C=O) groups excluding carboxylic acids is 2. The van der Waals surface area contributed by atoms with Gasteiger partial charge in [0, 0.05) is 30.0 Å². The number of nitrogens with zero attached hydrogens (tertiary/aromatic N) is 2. The smallest absolute Gasteiger partial charge is 0.252 e. The number of aromatic nitrogens is 1. The van der Waals surface area contributed by atoms with Crippen molar-refractivity contribution in [2.24, 2.45) is 0 Å². The number of rotatable bonds is 4. The van der Waals surface area contributed by atoms with E-state index in [4.69, 9.17) is 16.3 Å². The van der Waals surface area contributed by atoms with E-state index < -0.39 is 0 Å². The monoisotopic (exact) mass is 411 g/mol. The molecule has 2 aromatic rings. The summed E-state index contributed by atoms with van der Waals surface area (Å²) in [4.78, 5) is 30.5. The summed E-state index contributed by atoms with van der Waals surface area (Å²) in [5.74, 6) is -0.325. The van der Waals surface area contributed by atoms with Crippen molar-refractivity contribution < 1.29 is 14.3 Å². The lowest BCUT2D eigenvalue weighted by Crippen LogP contribution is -2.48. The minimum absolute atomic E-state index is 0.116. The van der Waals surface area contributed by atoms with E-state index in [0.29, 0.717) is 23.7 Å². The van der Waals surface area contributed by atoms with Gasteiger partial charge in [0.15, 0.2) is 0 Å². The third kappa shape index (κ3) is 3.91. The van der Waals surface area contributed by atoms with Crippen LogP contribution in [0, 0.1) is 0 Å². The van der Waals surface area contributed by atoms with Crippen molar-refractivity contribution in [1.82, 2.24) is 15.2 Å². The molecule has 1 atom stereocenters. The number of hydrogen-bond acceptors (Lipinski definition) is 4. The number of morpholine rings is 1. The van der Waals surface area contributed by atoms with Gasteiger partial charge in [-0.2, -0.15) is 0 Å². The maximum atomic E-state index is 12.5. The summed E-state index contributed by atoms with van der Waals surface area (Å²) in [6.45, 7) is 4.61. The zero-order valence-corrected chi connectivity index (χ0v) is 16.9. The Bertz CT molecular complexity index is 987. The van der Waals surface area contributed by atoms with E-state index in [-0.39, 0.29) is 23.5 Å². The predicted molar refractivity (Wildman–Crippen MR) is 111 cm³/mol. The average molecular weight is 412 g/mol. The number of benzene rings is 1. The zero-order chi connectivity index (χ0) is 20.6. The first-order valence-electron chi connectivity index (χ1n) is 9.50. The highest BCUT2D eigenvalue weighted by molar-refractivity contribution is 6.31. The fourth-order valence-corrected chi connectivity index (χ4v) is 3.96. The van der Waals surface area contributed by atoms with Crippen LogP contribution in [0.2, 0.25) is 5.02 Å². The van der Waals surface area contributed by atoms with Crippen molar-refractivity contribution in [1.29, 1.82) is 0 Å². The van der Waals surface area contributed by atoms with Crippen molar-refractivity contribution in [3.63, 3.8) is 0 Å². The summed E-state index contributed by atoms with van der Waals surface area (Å²) in [5.41, 5.74) is 2.74. The molecule has 2 aliphatic rings. The summed E-state index contributed by atoms with van der Waals surface area (Å²) in [6.07, 6.45) is 6.49. The van der Waals surface area contributed by atoms with Crippen LogP contribution in [0.3, 0.4) is 0 Å². The molecule has 1 aromatic carbocycles. The molecule has 1 aromatic heterocycles. The Morgan fingerprint density at radius 3 is 2.76 bits per heavy atom. The van der Waals surface area contributed by atoms with E-state index >= 15 is 0 Å². The summed E-state index contributed by atoms with van der Waals surface area (Å²) in [5, 5.41) is 3.14. The van der Waals surface area contributed by atoms with E-state index in [1.165, 1.54) is 12.3 Å². The third-order valence-electron chi connectivity index (χ3n) is 5.51. The summed E-state index contributed by atoms with van der Waals surface area (Å²) >= 11 is 6.41. The van der Waals surface area contributed by atoms with Crippen LogP contribution >= 0.6 is 11.6 Å². The van der Waals surface area contributed by atoms with Crippen LogP contribution < -0.4 is 5.32 Å². The normalized spacial score (nSPS) is 19.7. The number of hydrogen-bond donors (Lipinski definition) is 1. The van der Waals surface area contributed by atoms with Gasteiger partial charge in [-0.15, -0.1) is 0 Å². The van der Waals surface area contributed by atoms with Crippen molar-refractivity contribution >= 4 is 23.4 Å². The first-order chi connectivity index (χ1) is 13.9. The molecule has 1 saturated carbocycles. The van der Waals surface area contributed by atoms with Gasteiger partial charge < -0.3 is 15.0 Å². The Hall–Kier alpha value is -2.70. The molecule has 2 amide bonds. The van der Waals surface area contributed by atoms with Gasteiger partial charge in [0.25, 0.3) is 5.91 Å². The van der Waals surface area contributed by atoms with Gasteiger partial charge in [-0.1, -0.05) is 18.2 Å². The van der Waals surface area contributed by atoms with Crippen molar-refractivity contribution in [2.75, 3.05) is 20.2 Å². The van der Waals surface area contributed by atoms with E-state index in [0.717, 1.165) is 29.5 Å². The van der Waals surface area contributed by atoms with Crippen LogP contribution in [0.4, 0.5) is 0 Å². The molecule has 150 valence electrons. The molecule has 1 saturated heterocycles. The van der Waals surface area contributed by atoms with Crippen LogP contribution in [0.1, 0.15) is 34.8 Å². The molecule has 29 heavy (non-hydrogen) atoms. The largest absolute Gasteiger partial charge is 0.371 e. The standard InChI is InChI=1S/C22H22ClN3O3/c1-3-20(27)26-13-22(4-5-22)29-12-19(26)15-6-14(8-18(23)9-15)16-7-17(11-25-10-16)21(28)24-2/h3,6-11,19H,1,4-5,12-13H2,2H3,(H,24,28)/t19-/m1/s1. The van der Waals surface area contributed by atoms with Crippen LogP contribution in [-0.2, 0) is 9.53 Å². The molecule has 7 heteroatoms. The van der Waals surface area contributed by atoms with Crippen LogP contribution in [0.25, 0.3) is 11.1 Å². The lowest BCUT2D eigenvalue weighted by atomic mass is 9.97. The minimum atomic E-state index is -0.251. The number of nitrogens with one attached hydrogen (secondary N) is 1. The second kappa shape index (κ2) is 7.61. The van der Waals surface area contributed by atoms with Gasteiger partial charge >= 0.3 is 0 Å². The maximum absolute atomic E-state index is 12.5. The Kier molecular flexibility index (Phi) is 5.15. The Morgan fingerprint density at radius 2 is 2.07 bits per heavy atom. The fourth-order valence-electron chi connectivity index (χ4n) is 3.72. The molecular formula is C22H22ClN3O3. The molecule has 0 radical (unpaired) electrons. The molecule has 2 fully saturated rings. The number of halogens is 1. The lowest BCUT2D eigenvalue weighted by Gasteiger charge is -2.40. The molecule has 2 heterocycles. The highest BCUT2D eigenvalue weighted by Gasteiger charge is 2.50. The predicted octanol–water partition coefficient (Wildman–Crippen LogP) is 3.38. The van der Waals surface area contributed by atoms with Gasteiger partial charge in [-0.25, -0.2) is 0 Å². The molecule has 0 unspecified atom stereocenters. The molecule has 0 bridgehead atoms. The Labute approximate surface area is 174 Å². The topological polar surface area (TPSA) is 71.5 Å². The minimum Gasteiger partial charge on any atom is -0.371 e. The van der Waals surface area contributed by atoms with E-state index in [1.807, 2.05) is 23.1 Å². The van der Waals surface area contributed by atoms with Gasteiger partial charge in [0.2, 0.25) is 5.91 Å². The van der Waals surface area contributed by atoms with Crippen LogP contribution in [-0.4, -0.2) is 47.5 Å². The number of pyridine rings is 1. The molecule has 1 aliphatic carbocycles. The molecular weight excluding hydrogens is 390 g/mol. The van der Waals surface area contributed by atoms with Gasteiger partial charge in [0.05, 0.1) is 30.4 Å². The second-order valence-corrected chi connectivity index (χ2v) is 7.93. The molecule has 1 aliphatic heterocycles. The van der Waals surface area contributed by atoms with E-state index in [9.17, 15) is 9.59 Å². The SMILES string of the molecule is C=CC(=O)N1CC2(CC2)OC[C@@H]1c1cc(Cl)cc(-c2cncc(C(=O)NC)c2)c1. The van der Waals surface area contributed by atoms with Crippen LogP contribution in [0.5, 0.6) is 0 Å². The summed E-state index contributed by atoms with van der Waals surface area (Å²) in [6, 6.07) is 7.16. The van der Waals surface area contributed by atoms with E-state index in [2.05, 4.69) is 16.9 Å². The van der Waals surface area contributed by atoms with Crippen molar-refractivity contribution in [3.8, 4) is 11.1 Å². The summed E-state index contributed by atoms with van der Waals surface area (Å²) < 4.78 is 6.08. The highest BCUT2D eigenvalue weighted by Crippen LogP contribution is 2.46. The average Bonchev–Trinajstić information content (AvgIpc) is 3.50. The molecule has 6 nitrogen and oxygen atoms in total. The van der Waals surface area contributed by atoms with Gasteiger partial charge in [-0.3, -0.25) is 14.6 Å². The Balaban J connectivity index is 1.70. The maximum Gasteiger partial charge on any atom is 0.252 e. The number of amides is 2. The highest BCUT2D eigenvalue weighted by atomic mass is 35.5. The third-order valence-corrected chi connectivity index (χ3v) is 5.73. The summed E-state index contributed by atoms with van der Waals surface area (Å²) in [7, 11) is 1.58. The quantitative estimate of drug-likeness (QED) is 0.783. The van der Waals surface area contributed by atoms with Crippen molar-refractivity contribution in [3.05, 3.63) is 65.5 Å². The first-order valence-corrected chi connectivity index (χ1v) is 9.87. The van der Waals surface area contributed by atoms with Crippen molar-refractivity contribution in [2.45, 2.75) is 24.5 Å². The zero-order valence-electron chi connectivity index (χ0n) is 16.2. The molecule has 1 spiro atoms. The molecule has 1 N–H and O–H groups in total. The van der Waals surface area contributed by atoms with E-state index in [1.54, 1.807) is 19.3 Å². The Morgan fingerprint density at radius 1 is 1.28 bits per heavy atom. The molecule has 4 rings (SSSR count). The van der Waals surface area contributed by atoms with Gasteiger partial charge in [-0.05, 0) is 54.3 Å². The number of ether oxygens (including phenoxy) is 1. The van der Waals surface area contributed by atoms with Crippen LogP contribution in [0.15, 0.2) is 49.3 Å².